The van der Waals surface area contributed by atoms with E-state index in [-0.39, 0.29) is 4.88 Å². The van der Waals surface area contributed by atoms with Crippen LogP contribution in [0.5, 0.6) is 0 Å². The summed E-state index contributed by atoms with van der Waals surface area (Å²) >= 11 is 0.985. The molecule has 2 nitrogen and oxygen atoms in total. The van der Waals surface area contributed by atoms with Crippen molar-refractivity contribution in [1.29, 1.82) is 0 Å². The van der Waals surface area contributed by atoms with Crippen molar-refractivity contribution in [2.45, 2.75) is 5.92 Å². The molecule has 17 heavy (non-hydrogen) atoms. The Hall–Kier alpha value is -1.75. The third-order valence-corrected chi connectivity index (χ3v) is 3.33. The summed E-state index contributed by atoms with van der Waals surface area (Å²) in [4.78, 5) is 3.76. The lowest BCUT2D eigenvalue weighted by Crippen LogP contribution is -2.13. The van der Waals surface area contributed by atoms with E-state index >= 15 is 0 Å². The van der Waals surface area contributed by atoms with E-state index in [4.69, 9.17) is 4.42 Å². The summed E-state index contributed by atoms with van der Waals surface area (Å²) in [5.74, 6) is -3.73. The van der Waals surface area contributed by atoms with Crippen molar-refractivity contribution in [1.82, 2.24) is 4.98 Å². The summed E-state index contributed by atoms with van der Waals surface area (Å²) in [7, 11) is 0. The minimum absolute atomic E-state index is 0.0657. The second kappa shape index (κ2) is 3.63. The summed E-state index contributed by atoms with van der Waals surface area (Å²) in [6.07, 6.45) is 0. The van der Waals surface area contributed by atoms with Crippen molar-refractivity contribution in [2.24, 2.45) is 0 Å². The molecule has 0 atom stereocenters. The molecule has 0 N–H and O–H groups in total. The fraction of sp³-hybridized carbons (Fsp3) is 0.0833. The van der Waals surface area contributed by atoms with Crippen LogP contribution < -0.4 is 0 Å². The highest BCUT2D eigenvalue weighted by atomic mass is 32.1. The number of halogens is 2. The highest BCUT2D eigenvalue weighted by Gasteiger charge is 2.40. The maximum atomic E-state index is 14.0. The molecule has 0 amide bonds. The largest absolute Gasteiger partial charge is 0.435 e. The van der Waals surface area contributed by atoms with Crippen LogP contribution in [0, 0.1) is 0 Å². The Morgan fingerprint density at radius 1 is 1.12 bits per heavy atom. The zero-order chi connectivity index (χ0) is 11.9. The van der Waals surface area contributed by atoms with Gasteiger partial charge in [0.25, 0.3) is 5.89 Å². The molecule has 3 rings (SSSR count). The molecule has 0 bridgehead atoms. The van der Waals surface area contributed by atoms with E-state index in [1.54, 1.807) is 35.7 Å². The first kappa shape index (κ1) is 10.4. The summed E-state index contributed by atoms with van der Waals surface area (Å²) in [6.45, 7) is 0. The topological polar surface area (TPSA) is 26.0 Å². The van der Waals surface area contributed by atoms with Crippen molar-refractivity contribution >= 4 is 22.4 Å². The molecule has 86 valence electrons. The second-order valence-electron chi connectivity index (χ2n) is 3.54. The zero-order valence-corrected chi connectivity index (χ0v) is 9.38. The van der Waals surface area contributed by atoms with E-state index < -0.39 is 11.8 Å². The first-order chi connectivity index (χ1) is 8.18. The first-order valence-electron chi connectivity index (χ1n) is 4.96. The van der Waals surface area contributed by atoms with Gasteiger partial charge in [0.2, 0.25) is 0 Å². The minimum atomic E-state index is -3.17. The van der Waals surface area contributed by atoms with Gasteiger partial charge in [-0.25, -0.2) is 4.98 Å². The highest BCUT2D eigenvalue weighted by Crippen LogP contribution is 2.38. The number of hydrogen-bond acceptors (Lipinski definition) is 3. The lowest BCUT2D eigenvalue weighted by molar-refractivity contribution is 0.0186. The molecule has 1 aromatic carbocycles. The van der Waals surface area contributed by atoms with Crippen LogP contribution in [0.15, 0.2) is 46.2 Å². The molecule has 3 aromatic rings. The summed E-state index contributed by atoms with van der Waals surface area (Å²) < 4.78 is 33.1. The molecule has 0 fully saturated rings. The molecule has 0 aliphatic rings. The van der Waals surface area contributed by atoms with Crippen LogP contribution in [-0.2, 0) is 5.92 Å². The van der Waals surface area contributed by atoms with E-state index in [2.05, 4.69) is 4.98 Å². The predicted octanol–water partition coefficient (Wildman–Crippen LogP) is 4.03. The number of rotatable bonds is 2. The molecule has 0 unspecified atom stereocenters. The van der Waals surface area contributed by atoms with Crippen LogP contribution in [0.25, 0.3) is 11.1 Å². The molecule has 0 aliphatic heterocycles. The molecular formula is C12H7F2NOS. The third kappa shape index (κ3) is 1.63. The van der Waals surface area contributed by atoms with Crippen molar-refractivity contribution in [2.75, 3.05) is 0 Å². The van der Waals surface area contributed by atoms with Crippen LogP contribution in [0.4, 0.5) is 8.78 Å². The van der Waals surface area contributed by atoms with Gasteiger partial charge in [0.15, 0.2) is 5.58 Å². The van der Waals surface area contributed by atoms with Crippen LogP contribution in [0.3, 0.4) is 0 Å². The SMILES string of the molecule is FC(F)(c1nc2ccccc2o1)c1cccs1. The first-order valence-corrected chi connectivity index (χ1v) is 5.84. The molecule has 5 heteroatoms. The Morgan fingerprint density at radius 3 is 2.65 bits per heavy atom. The Labute approximate surface area is 99.5 Å². The molecule has 0 saturated carbocycles. The van der Waals surface area contributed by atoms with Crippen LogP contribution in [0.2, 0.25) is 0 Å². The smallest absolute Gasteiger partial charge is 0.356 e. The molecule has 0 saturated heterocycles. The van der Waals surface area contributed by atoms with Crippen molar-refractivity contribution in [3.05, 3.63) is 52.5 Å². The number of hydrogen-bond donors (Lipinski definition) is 0. The summed E-state index contributed by atoms with van der Waals surface area (Å²) in [5.41, 5.74) is 0.817. The molecule has 2 heterocycles. The average molecular weight is 251 g/mol. The minimum Gasteiger partial charge on any atom is -0.435 e. The zero-order valence-electron chi connectivity index (χ0n) is 8.56. The maximum absolute atomic E-state index is 14.0. The summed E-state index contributed by atoms with van der Waals surface area (Å²) in [5, 5.41) is 1.60. The maximum Gasteiger partial charge on any atom is 0.356 e. The Morgan fingerprint density at radius 2 is 1.94 bits per heavy atom. The van der Waals surface area contributed by atoms with Gasteiger partial charge in [-0.15, -0.1) is 11.3 Å². The number of alkyl halides is 2. The molecule has 0 radical (unpaired) electrons. The number of fused-ring (bicyclic) bond motifs is 1. The van der Waals surface area contributed by atoms with Gasteiger partial charge >= 0.3 is 5.92 Å². The number of aromatic nitrogens is 1. The Kier molecular flexibility index (Phi) is 2.22. The molecule has 0 aliphatic carbocycles. The molecule has 0 spiro atoms. The summed E-state index contributed by atoms with van der Waals surface area (Å²) in [6, 6.07) is 9.68. The van der Waals surface area contributed by atoms with E-state index in [1.807, 2.05) is 0 Å². The quantitative estimate of drug-likeness (QED) is 0.687. The second-order valence-corrected chi connectivity index (χ2v) is 4.49. The van der Waals surface area contributed by atoms with Crippen molar-refractivity contribution < 1.29 is 13.2 Å². The fourth-order valence-electron chi connectivity index (χ4n) is 1.57. The molecular weight excluding hydrogens is 244 g/mol. The fourth-order valence-corrected chi connectivity index (χ4v) is 2.27. The van der Waals surface area contributed by atoms with Gasteiger partial charge in [-0.1, -0.05) is 18.2 Å². The lowest BCUT2D eigenvalue weighted by atomic mass is 10.3. The number of para-hydroxylation sites is 2. The highest BCUT2D eigenvalue weighted by molar-refractivity contribution is 7.10. The van der Waals surface area contributed by atoms with E-state index in [1.165, 1.54) is 6.07 Å². The average Bonchev–Trinajstić information content (AvgIpc) is 2.98. The van der Waals surface area contributed by atoms with Gasteiger partial charge < -0.3 is 4.42 Å². The van der Waals surface area contributed by atoms with Gasteiger partial charge in [0, 0.05) is 0 Å². The van der Waals surface area contributed by atoms with Crippen LogP contribution in [-0.4, -0.2) is 4.98 Å². The number of nitrogens with zero attached hydrogens (tertiary/aromatic N) is 1. The van der Waals surface area contributed by atoms with Gasteiger partial charge in [0.1, 0.15) is 5.52 Å². The monoisotopic (exact) mass is 251 g/mol. The van der Waals surface area contributed by atoms with Crippen molar-refractivity contribution in [3.63, 3.8) is 0 Å². The third-order valence-electron chi connectivity index (χ3n) is 2.39. The van der Waals surface area contributed by atoms with E-state index in [9.17, 15) is 8.78 Å². The van der Waals surface area contributed by atoms with E-state index in [0.29, 0.717) is 11.1 Å². The molecule has 2 aromatic heterocycles. The standard InChI is InChI=1S/C12H7F2NOS/c13-12(14,10-6-3-7-17-10)11-15-8-4-1-2-5-9(8)16-11/h1-7H. The Bertz CT molecular complexity index is 612. The van der Waals surface area contributed by atoms with Gasteiger partial charge in [-0.05, 0) is 23.6 Å². The van der Waals surface area contributed by atoms with E-state index in [0.717, 1.165) is 11.3 Å². The van der Waals surface area contributed by atoms with Gasteiger partial charge in [0.05, 0.1) is 4.88 Å². The number of benzene rings is 1. The lowest BCUT2D eigenvalue weighted by Gasteiger charge is -2.08. The van der Waals surface area contributed by atoms with Crippen LogP contribution in [0.1, 0.15) is 10.8 Å². The van der Waals surface area contributed by atoms with Gasteiger partial charge in [-0.2, -0.15) is 8.78 Å². The normalized spacial score (nSPS) is 12.1. The van der Waals surface area contributed by atoms with Gasteiger partial charge in [-0.3, -0.25) is 0 Å². The predicted molar refractivity (Wildman–Crippen MR) is 61.3 cm³/mol. The van der Waals surface area contributed by atoms with Crippen molar-refractivity contribution in [3.8, 4) is 0 Å². The number of thiophene rings is 1. The number of oxazole rings is 1. The van der Waals surface area contributed by atoms with Crippen LogP contribution >= 0.6 is 11.3 Å². The Balaban J connectivity index is 2.15.